The maximum atomic E-state index is 5.98. The van der Waals surface area contributed by atoms with Crippen LogP contribution in [-0.4, -0.2) is 3.90 Å². The van der Waals surface area contributed by atoms with Gasteiger partial charge < -0.3 is 0 Å². The monoisotopic (exact) mass is 360 g/mol. The second kappa shape index (κ2) is 5.30. The van der Waals surface area contributed by atoms with Gasteiger partial charge in [-0.1, -0.05) is 0 Å². The third-order valence-corrected chi connectivity index (χ3v) is 3.50. The van der Waals surface area contributed by atoms with Crippen LogP contribution in [-0.2, 0) is 19.4 Å². The molecule has 0 nitrogen and oxygen atoms in total. The molecule has 0 saturated carbocycles. The standard InChI is InChI=1S/C8H10Cl2.W/c1-4-7(9)6(3)8(10)5-2;/h4H,1-3H3;. The van der Waals surface area contributed by atoms with E-state index in [1.165, 1.54) is 23.3 Å². The van der Waals surface area contributed by atoms with E-state index in [0.29, 0.717) is 0 Å². The number of halogens is 2. The van der Waals surface area contributed by atoms with Crippen molar-refractivity contribution in [3.63, 3.8) is 0 Å². The predicted octanol–water partition coefficient (Wildman–Crippen LogP) is 3.38. The Morgan fingerprint density at radius 1 is 1.27 bits per heavy atom. The quantitative estimate of drug-likeness (QED) is 0.662. The molecule has 0 amide bonds. The molecule has 3 heteroatoms. The third kappa shape index (κ3) is 3.69. The Kier molecular flexibility index (Phi) is 5.59. The van der Waals surface area contributed by atoms with Crippen molar-refractivity contribution in [1.29, 1.82) is 0 Å². The molecule has 0 aromatic carbocycles. The second-order valence-electron chi connectivity index (χ2n) is 2.13. The first kappa shape index (κ1) is 11.6. The SMILES string of the molecule is CC=C(Cl)C(C)=C(Cl)[C](C)=[W]. The molecule has 0 radical (unpaired) electrons. The van der Waals surface area contributed by atoms with Crippen LogP contribution in [0.15, 0.2) is 21.7 Å². The van der Waals surface area contributed by atoms with Crippen LogP contribution in [0.3, 0.4) is 0 Å². The van der Waals surface area contributed by atoms with Gasteiger partial charge in [0.05, 0.1) is 0 Å². The number of hydrogen-bond donors (Lipinski definition) is 0. The van der Waals surface area contributed by atoms with Crippen LogP contribution in [0.25, 0.3) is 0 Å². The molecule has 11 heavy (non-hydrogen) atoms. The summed E-state index contributed by atoms with van der Waals surface area (Å²) in [6.07, 6.45) is 1.84. The molecular formula is C8H10Cl2W. The van der Waals surface area contributed by atoms with E-state index in [2.05, 4.69) is 0 Å². The molecule has 0 aliphatic heterocycles. The molecule has 0 aromatic rings. The summed E-state index contributed by atoms with van der Waals surface area (Å²) in [4.78, 5) is 0. The third-order valence-electron chi connectivity index (χ3n) is 1.25. The van der Waals surface area contributed by atoms with E-state index >= 15 is 0 Å². The van der Waals surface area contributed by atoms with Crippen LogP contribution in [0.1, 0.15) is 20.8 Å². The normalized spacial score (nSPS) is 14.5. The molecule has 0 rings (SSSR count). The average Bonchev–Trinajstić information content (AvgIpc) is 2.00. The van der Waals surface area contributed by atoms with Crippen LogP contribution >= 0.6 is 23.2 Å². The molecule has 0 spiro atoms. The number of hydrogen-bond acceptors (Lipinski definition) is 0. The molecule has 62 valence electrons. The summed E-state index contributed by atoms with van der Waals surface area (Å²) in [5.41, 5.74) is 0.961. The second-order valence-corrected chi connectivity index (χ2v) is 5.12. The van der Waals surface area contributed by atoms with Crippen LogP contribution in [0.5, 0.6) is 0 Å². The predicted molar refractivity (Wildman–Crippen MR) is 48.8 cm³/mol. The van der Waals surface area contributed by atoms with Gasteiger partial charge >= 0.3 is 88.9 Å². The van der Waals surface area contributed by atoms with Crippen molar-refractivity contribution in [3.8, 4) is 0 Å². The van der Waals surface area contributed by atoms with Crippen LogP contribution in [0.2, 0.25) is 0 Å². The molecule has 0 aromatic heterocycles. The Morgan fingerprint density at radius 3 is 2.00 bits per heavy atom. The zero-order chi connectivity index (χ0) is 9.02. The average molecular weight is 361 g/mol. The Balaban J connectivity index is 4.81. The number of allylic oxidation sites excluding steroid dienone is 4. The van der Waals surface area contributed by atoms with Gasteiger partial charge in [0.25, 0.3) is 0 Å². The van der Waals surface area contributed by atoms with Crippen molar-refractivity contribution in [2.24, 2.45) is 0 Å². The fourth-order valence-corrected chi connectivity index (χ4v) is 1.38. The van der Waals surface area contributed by atoms with Gasteiger partial charge in [-0.25, -0.2) is 0 Å². The Morgan fingerprint density at radius 2 is 1.73 bits per heavy atom. The van der Waals surface area contributed by atoms with Crippen LogP contribution in [0, 0.1) is 0 Å². The van der Waals surface area contributed by atoms with Gasteiger partial charge in [-0.15, -0.1) is 0 Å². The van der Waals surface area contributed by atoms with E-state index in [9.17, 15) is 0 Å². The van der Waals surface area contributed by atoms with E-state index in [1.807, 2.05) is 26.8 Å². The van der Waals surface area contributed by atoms with Gasteiger partial charge in [0.1, 0.15) is 0 Å². The first-order valence-electron chi connectivity index (χ1n) is 3.20. The molecule has 0 aliphatic carbocycles. The van der Waals surface area contributed by atoms with Crippen LogP contribution < -0.4 is 0 Å². The first-order chi connectivity index (χ1) is 5.00. The van der Waals surface area contributed by atoms with Crippen molar-refractivity contribution < 1.29 is 19.4 Å². The van der Waals surface area contributed by atoms with Crippen molar-refractivity contribution in [2.45, 2.75) is 20.8 Å². The van der Waals surface area contributed by atoms with Crippen molar-refractivity contribution in [1.82, 2.24) is 0 Å². The van der Waals surface area contributed by atoms with Crippen molar-refractivity contribution >= 4 is 27.1 Å². The van der Waals surface area contributed by atoms with Gasteiger partial charge in [-0.3, -0.25) is 0 Å². The zero-order valence-electron chi connectivity index (χ0n) is 6.74. The fraction of sp³-hybridized carbons (Fsp3) is 0.375. The summed E-state index contributed by atoms with van der Waals surface area (Å²) < 4.78 is 1.17. The summed E-state index contributed by atoms with van der Waals surface area (Å²) in [5.74, 6) is 0. The van der Waals surface area contributed by atoms with Crippen molar-refractivity contribution in [2.75, 3.05) is 0 Å². The molecule has 0 N–H and O–H groups in total. The molecule has 0 atom stereocenters. The van der Waals surface area contributed by atoms with E-state index in [4.69, 9.17) is 23.2 Å². The molecule has 0 heterocycles. The summed E-state index contributed by atoms with van der Waals surface area (Å²) in [6.45, 7) is 5.83. The van der Waals surface area contributed by atoms with E-state index in [0.717, 1.165) is 15.6 Å². The van der Waals surface area contributed by atoms with Gasteiger partial charge in [-0.2, -0.15) is 0 Å². The van der Waals surface area contributed by atoms with E-state index in [1.54, 1.807) is 0 Å². The van der Waals surface area contributed by atoms with Crippen molar-refractivity contribution in [3.05, 3.63) is 21.7 Å². The molecule has 0 unspecified atom stereocenters. The minimum absolute atomic E-state index is 0.732. The number of rotatable bonds is 2. The summed E-state index contributed by atoms with van der Waals surface area (Å²) in [7, 11) is 0. The molecule has 0 aliphatic rings. The summed E-state index contributed by atoms with van der Waals surface area (Å²) in [6, 6.07) is 0. The van der Waals surface area contributed by atoms with E-state index in [-0.39, 0.29) is 0 Å². The summed E-state index contributed by atoms with van der Waals surface area (Å²) >= 11 is 13.2. The minimum atomic E-state index is 0.732. The first-order valence-corrected chi connectivity index (χ1v) is 5.42. The molecule has 0 saturated heterocycles. The van der Waals surface area contributed by atoms with Gasteiger partial charge in [0.2, 0.25) is 0 Å². The Bertz CT molecular complexity index is 226. The van der Waals surface area contributed by atoms with Crippen LogP contribution in [0.4, 0.5) is 0 Å². The maximum absolute atomic E-state index is 5.98. The topological polar surface area (TPSA) is 0 Å². The van der Waals surface area contributed by atoms with Gasteiger partial charge in [0.15, 0.2) is 0 Å². The fourth-order valence-electron chi connectivity index (χ4n) is 0.585. The molecule has 0 bridgehead atoms. The van der Waals surface area contributed by atoms with E-state index < -0.39 is 0 Å². The molecule has 0 fully saturated rings. The Labute approximate surface area is 88.7 Å². The molecular weight excluding hydrogens is 351 g/mol. The summed E-state index contributed by atoms with van der Waals surface area (Å²) in [5, 5.41) is 1.53. The van der Waals surface area contributed by atoms with Gasteiger partial charge in [-0.05, 0) is 0 Å². The Hall–Kier alpha value is 0.618. The zero-order valence-corrected chi connectivity index (χ0v) is 11.2. The van der Waals surface area contributed by atoms with Gasteiger partial charge in [0, 0.05) is 0 Å².